The molecule has 0 atom stereocenters. The SMILES string of the molecule is O=C(NCc1ccc(C(=O)NC2CCC(C(F)(F)F)CC2)cc1)c1cccc(-c2cc(O)c3ncccc3c2)c1. The molecular formula is C31H28F3N3O3. The molecule has 2 amide bonds. The maximum Gasteiger partial charge on any atom is 0.391 e. The maximum absolute atomic E-state index is 12.9. The van der Waals surface area contributed by atoms with Crippen molar-refractivity contribution in [1.82, 2.24) is 15.6 Å². The first-order valence-corrected chi connectivity index (χ1v) is 13.1. The van der Waals surface area contributed by atoms with Crippen molar-refractivity contribution in [2.24, 2.45) is 5.92 Å². The number of phenols is 1. The molecule has 1 aromatic heterocycles. The number of carbonyl (C=O) groups excluding carboxylic acids is 2. The fourth-order valence-electron chi connectivity index (χ4n) is 5.07. The Morgan fingerprint density at radius 3 is 2.33 bits per heavy atom. The summed E-state index contributed by atoms with van der Waals surface area (Å²) in [6, 6.07) is 20.8. The van der Waals surface area contributed by atoms with E-state index in [-0.39, 0.29) is 43.0 Å². The van der Waals surface area contributed by atoms with E-state index in [1.54, 1.807) is 60.8 Å². The van der Waals surface area contributed by atoms with Crippen molar-refractivity contribution in [3.8, 4) is 16.9 Å². The number of aromatic hydroxyl groups is 1. The molecule has 1 fully saturated rings. The lowest BCUT2D eigenvalue weighted by Crippen LogP contribution is -2.40. The van der Waals surface area contributed by atoms with Gasteiger partial charge in [0, 0.05) is 35.3 Å². The molecule has 206 valence electrons. The van der Waals surface area contributed by atoms with Crippen LogP contribution in [0.3, 0.4) is 0 Å². The monoisotopic (exact) mass is 547 g/mol. The van der Waals surface area contributed by atoms with Gasteiger partial charge in [-0.1, -0.05) is 30.3 Å². The number of nitrogens with zero attached hydrogens (tertiary/aromatic N) is 1. The Morgan fingerprint density at radius 2 is 1.60 bits per heavy atom. The number of hydrogen-bond donors (Lipinski definition) is 3. The second-order valence-corrected chi connectivity index (χ2v) is 10.1. The smallest absolute Gasteiger partial charge is 0.391 e. The molecule has 0 bridgehead atoms. The third-order valence-corrected chi connectivity index (χ3v) is 7.34. The third kappa shape index (κ3) is 6.25. The summed E-state index contributed by atoms with van der Waals surface area (Å²) in [6.07, 6.45) is -1.90. The van der Waals surface area contributed by atoms with Gasteiger partial charge < -0.3 is 15.7 Å². The number of pyridine rings is 1. The first-order chi connectivity index (χ1) is 19.2. The number of amides is 2. The molecule has 40 heavy (non-hydrogen) atoms. The Labute approximate surface area is 229 Å². The van der Waals surface area contributed by atoms with Gasteiger partial charge in [-0.15, -0.1) is 0 Å². The zero-order valence-corrected chi connectivity index (χ0v) is 21.5. The topological polar surface area (TPSA) is 91.3 Å². The molecule has 0 unspecified atom stereocenters. The van der Waals surface area contributed by atoms with Gasteiger partial charge in [0.25, 0.3) is 11.8 Å². The average molecular weight is 548 g/mol. The fraction of sp³-hybridized carbons (Fsp3) is 0.258. The van der Waals surface area contributed by atoms with E-state index < -0.39 is 12.1 Å². The minimum atomic E-state index is -4.18. The highest BCUT2D eigenvalue weighted by Gasteiger charge is 2.41. The predicted octanol–water partition coefficient (Wildman–Crippen LogP) is 6.39. The molecule has 5 rings (SSSR count). The second-order valence-electron chi connectivity index (χ2n) is 10.1. The number of phenolic OH excluding ortho intramolecular Hbond substituents is 1. The van der Waals surface area contributed by atoms with Crippen LogP contribution in [0, 0.1) is 5.92 Å². The summed E-state index contributed by atoms with van der Waals surface area (Å²) >= 11 is 0. The average Bonchev–Trinajstić information content (AvgIpc) is 2.96. The van der Waals surface area contributed by atoms with Crippen molar-refractivity contribution in [2.45, 2.75) is 44.4 Å². The number of aromatic nitrogens is 1. The normalized spacial score (nSPS) is 17.4. The Morgan fingerprint density at radius 1 is 0.850 bits per heavy atom. The molecule has 0 spiro atoms. The zero-order chi connectivity index (χ0) is 28.3. The van der Waals surface area contributed by atoms with Crippen LogP contribution in [-0.2, 0) is 6.54 Å². The summed E-state index contributed by atoms with van der Waals surface area (Å²) in [7, 11) is 0. The van der Waals surface area contributed by atoms with Gasteiger partial charge >= 0.3 is 6.18 Å². The van der Waals surface area contributed by atoms with Crippen LogP contribution < -0.4 is 10.6 Å². The summed E-state index contributed by atoms with van der Waals surface area (Å²) in [5, 5.41) is 16.9. The summed E-state index contributed by atoms with van der Waals surface area (Å²) in [4.78, 5) is 29.6. The molecular weight excluding hydrogens is 519 g/mol. The van der Waals surface area contributed by atoms with Gasteiger partial charge in [-0.25, -0.2) is 0 Å². The van der Waals surface area contributed by atoms with E-state index in [1.165, 1.54) is 0 Å². The first kappa shape index (κ1) is 27.2. The maximum atomic E-state index is 12.9. The molecule has 9 heteroatoms. The summed E-state index contributed by atoms with van der Waals surface area (Å²) in [6.45, 7) is 0.245. The van der Waals surface area contributed by atoms with Crippen molar-refractivity contribution in [3.63, 3.8) is 0 Å². The number of nitrogens with one attached hydrogen (secondary N) is 2. The number of halogens is 3. The number of alkyl halides is 3. The summed E-state index contributed by atoms with van der Waals surface area (Å²) < 4.78 is 38.6. The first-order valence-electron chi connectivity index (χ1n) is 13.1. The van der Waals surface area contributed by atoms with E-state index in [0.29, 0.717) is 29.5 Å². The van der Waals surface area contributed by atoms with E-state index >= 15 is 0 Å². The van der Waals surface area contributed by atoms with Crippen molar-refractivity contribution in [2.75, 3.05) is 0 Å². The lowest BCUT2D eigenvalue weighted by atomic mass is 9.85. The van der Waals surface area contributed by atoms with E-state index in [2.05, 4.69) is 15.6 Å². The Kier molecular flexibility index (Phi) is 7.73. The van der Waals surface area contributed by atoms with E-state index in [4.69, 9.17) is 0 Å². The molecule has 1 saturated carbocycles. The van der Waals surface area contributed by atoms with Crippen LogP contribution >= 0.6 is 0 Å². The van der Waals surface area contributed by atoms with Crippen molar-refractivity contribution in [3.05, 3.63) is 95.7 Å². The standard InChI is InChI=1S/C31H28F3N3O3/c32-31(33,34)25-10-12-26(13-11-25)37-30(40)20-8-6-19(7-9-20)18-36-29(39)23-4-1-3-21(15-23)24-16-22-5-2-14-35-28(22)27(38)17-24/h1-9,14-17,25-26,38H,10-13,18H2,(H,36,39)(H,37,40). The van der Waals surface area contributed by atoms with Gasteiger partial charge in [0.2, 0.25) is 0 Å². The Bertz CT molecular complexity index is 1530. The summed E-state index contributed by atoms with van der Waals surface area (Å²) in [5.74, 6) is -1.82. The number of fused-ring (bicyclic) bond motifs is 1. The molecule has 0 saturated heterocycles. The highest BCUT2D eigenvalue weighted by atomic mass is 19.4. The van der Waals surface area contributed by atoms with Gasteiger partial charge in [0.15, 0.2) is 0 Å². The zero-order valence-electron chi connectivity index (χ0n) is 21.5. The van der Waals surface area contributed by atoms with Crippen LogP contribution in [0.1, 0.15) is 52.0 Å². The lowest BCUT2D eigenvalue weighted by molar-refractivity contribution is -0.182. The number of rotatable bonds is 6. The van der Waals surface area contributed by atoms with Crippen molar-refractivity contribution < 1.29 is 27.9 Å². The highest BCUT2D eigenvalue weighted by Crippen LogP contribution is 2.37. The highest BCUT2D eigenvalue weighted by molar-refractivity contribution is 5.96. The summed E-state index contributed by atoms with van der Waals surface area (Å²) in [5.41, 5.74) is 3.70. The molecule has 3 aromatic carbocycles. The molecule has 1 aliphatic rings. The number of hydrogen-bond acceptors (Lipinski definition) is 4. The minimum absolute atomic E-state index is 0.0260. The van der Waals surface area contributed by atoms with Gasteiger partial charge in [-0.05, 0) is 84.8 Å². The predicted molar refractivity (Wildman–Crippen MR) is 146 cm³/mol. The number of benzene rings is 3. The van der Waals surface area contributed by atoms with Crippen LogP contribution in [0.5, 0.6) is 5.75 Å². The lowest BCUT2D eigenvalue weighted by Gasteiger charge is -2.30. The van der Waals surface area contributed by atoms with Crippen LogP contribution in [0.2, 0.25) is 0 Å². The molecule has 0 aliphatic heterocycles. The fourth-order valence-corrected chi connectivity index (χ4v) is 5.07. The van der Waals surface area contributed by atoms with Crippen LogP contribution in [0.4, 0.5) is 13.2 Å². The van der Waals surface area contributed by atoms with Gasteiger partial charge in [-0.3, -0.25) is 14.6 Å². The van der Waals surface area contributed by atoms with Gasteiger partial charge in [0.05, 0.1) is 5.92 Å². The quantitative estimate of drug-likeness (QED) is 0.261. The molecule has 4 aromatic rings. The molecule has 1 heterocycles. The minimum Gasteiger partial charge on any atom is -0.506 e. The number of carbonyl (C=O) groups is 2. The van der Waals surface area contributed by atoms with Crippen LogP contribution in [-0.4, -0.2) is 34.1 Å². The molecule has 3 N–H and O–H groups in total. The van der Waals surface area contributed by atoms with Crippen LogP contribution in [0.25, 0.3) is 22.0 Å². The van der Waals surface area contributed by atoms with E-state index in [1.807, 2.05) is 18.2 Å². The third-order valence-electron chi connectivity index (χ3n) is 7.34. The second kappa shape index (κ2) is 11.4. The molecule has 0 radical (unpaired) electrons. The van der Waals surface area contributed by atoms with E-state index in [9.17, 15) is 27.9 Å². The largest absolute Gasteiger partial charge is 0.506 e. The van der Waals surface area contributed by atoms with Crippen LogP contribution in [0.15, 0.2) is 79.0 Å². The van der Waals surface area contributed by atoms with Crippen molar-refractivity contribution >= 4 is 22.7 Å². The Hall–Kier alpha value is -4.40. The van der Waals surface area contributed by atoms with Gasteiger partial charge in [-0.2, -0.15) is 13.2 Å². The van der Waals surface area contributed by atoms with Gasteiger partial charge in [0.1, 0.15) is 11.3 Å². The Balaban J connectivity index is 1.17. The van der Waals surface area contributed by atoms with E-state index in [0.717, 1.165) is 22.1 Å². The van der Waals surface area contributed by atoms with Crippen molar-refractivity contribution in [1.29, 1.82) is 0 Å². The molecule has 6 nitrogen and oxygen atoms in total. The molecule has 1 aliphatic carbocycles.